The van der Waals surface area contributed by atoms with Gasteiger partial charge in [-0.3, -0.25) is 4.79 Å². The molecule has 0 N–H and O–H groups in total. The van der Waals surface area contributed by atoms with Crippen molar-refractivity contribution in [2.75, 3.05) is 16.4 Å². The van der Waals surface area contributed by atoms with Crippen molar-refractivity contribution >= 4 is 38.4 Å². The Bertz CT molecular complexity index is 792. The van der Waals surface area contributed by atoms with Crippen LogP contribution in [0.3, 0.4) is 0 Å². The summed E-state index contributed by atoms with van der Waals surface area (Å²) in [5.74, 6) is -0.556. The first kappa shape index (κ1) is 17.4. The second-order valence-corrected chi connectivity index (χ2v) is 9.87. The van der Waals surface area contributed by atoms with E-state index in [1.165, 1.54) is 17.8 Å². The Kier molecular flexibility index (Phi) is 4.70. The fraction of sp³-hybridized carbons (Fsp3) is 0.500. The molecule has 0 bridgehead atoms. The number of hydrogen-bond acceptors (Lipinski definition) is 4. The van der Waals surface area contributed by atoms with Crippen LogP contribution in [0.15, 0.2) is 29.3 Å². The number of carbonyl (C=O) groups is 1. The maximum absolute atomic E-state index is 14.3. The van der Waals surface area contributed by atoms with Gasteiger partial charge in [0.2, 0.25) is 5.91 Å². The summed E-state index contributed by atoms with van der Waals surface area (Å²) < 4.78 is 38.2. The molecule has 2 fully saturated rings. The Balaban J connectivity index is 1.99. The van der Waals surface area contributed by atoms with Gasteiger partial charge in [0, 0.05) is 11.7 Å². The number of fused-ring (bicyclic) bond motifs is 1. The number of thioether (sulfide) groups is 1. The van der Waals surface area contributed by atoms with E-state index in [1.54, 1.807) is 23.1 Å². The summed E-state index contributed by atoms with van der Waals surface area (Å²) in [6.07, 6.45) is 0.308. The lowest BCUT2D eigenvalue weighted by molar-refractivity contribution is -0.118. The molecule has 3 rings (SSSR count). The number of amidine groups is 1. The molecule has 0 radical (unpaired) electrons. The Morgan fingerprint density at radius 3 is 2.75 bits per heavy atom. The maximum Gasteiger partial charge on any atom is 0.248 e. The fourth-order valence-electron chi connectivity index (χ4n) is 2.99. The van der Waals surface area contributed by atoms with E-state index in [1.807, 2.05) is 13.8 Å². The topological polar surface area (TPSA) is 66.8 Å². The Labute approximate surface area is 145 Å². The molecule has 8 heteroatoms. The number of aliphatic imine (C=N–C) groups is 1. The fourth-order valence-corrected chi connectivity index (χ4v) is 6.92. The van der Waals surface area contributed by atoms with Crippen LogP contribution in [0.2, 0.25) is 0 Å². The monoisotopic (exact) mass is 370 g/mol. The number of nitrogens with zero attached hydrogens (tertiary/aromatic N) is 2. The predicted molar refractivity (Wildman–Crippen MR) is 94.6 cm³/mol. The zero-order chi connectivity index (χ0) is 17.5. The van der Waals surface area contributed by atoms with Gasteiger partial charge in [-0.25, -0.2) is 12.8 Å². The molecule has 5 nitrogen and oxygen atoms in total. The highest BCUT2D eigenvalue weighted by atomic mass is 32.2. The molecule has 0 unspecified atom stereocenters. The minimum absolute atomic E-state index is 0.0324. The van der Waals surface area contributed by atoms with Crippen LogP contribution in [0.4, 0.5) is 10.1 Å². The van der Waals surface area contributed by atoms with Crippen molar-refractivity contribution in [2.45, 2.75) is 31.6 Å². The maximum atomic E-state index is 14.3. The molecule has 0 aliphatic carbocycles. The van der Waals surface area contributed by atoms with Crippen molar-refractivity contribution in [1.29, 1.82) is 0 Å². The minimum Gasteiger partial charge on any atom is -0.313 e. The third-order valence-corrected chi connectivity index (χ3v) is 7.19. The number of rotatable bonds is 3. The lowest BCUT2D eigenvalue weighted by Crippen LogP contribution is -2.38. The number of hydrogen-bond donors (Lipinski definition) is 0. The van der Waals surface area contributed by atoms with Crippen LogP contribution in [0.1, 0.15) is 20.3 Å². The summed E-state index contributed by atoms with van der Waals surface area (Å²) in [7, 11) is -3.16. The first-order valence-corrected chi connectivity index (χ1v) is 10.5. The number of para-hydroxylation sites is 1. The molecule has 1 amide bonds. The average Bonchev–Trinajstić information content (AvgIpc) is 2.90. The van der Waals surface area contributed by atoms with Crippen molar-refractivity contribution in [3.63, 3.8) is 0 Å². The number of sulfone groups is 1. The van der Waals surface area contributed by atoms with Crippen LogP contribution >= 0.6 is 11.8 Å². The molecule has 0 saturated carbocycles. The van der Waals surface area contributed by atoms with Crippen LogP contribution in [-0.4, -0.2) is 42.3 Å². The molecule has 130 valence electrons. The summed E-state index contributed by atoms with van der Waals surface area (Å²) in [5, 5.41) is 0.177. The molecule has 2 aliphatic heterocycles. The second-order valence-electron chi connectivity index (χ2n) is 6.51. The largest absolute Gasteiger partial charge is 0.313 e. The summed E-state index contributed by atoms with van der Waals surface area (Å²) in [6, 6.07) is 5.79. The lowest BCUT2D eigenvalue weighted by atomic mass is 10.1. The number of anilines is 1. The summed E-state index contributed by atoms with van der Waals surface area (Å²) in [4.78, 5) is 17.8. The van der Waals surface area contributed by atoms with Crippen molar-refractivity contribution in [2.24, 2.45) is 10.9 Å². The van der Waals surface area contributed by atoms with E-state index < -0.39 is 15.7 Å². The number of carbonyl (C=O) groups excluding carboxylic acids is 1. The number of amides is 1. The van der Waals surface area contributed by atoms with E-state index in [2.05, 4.69) is 4.99 Å². The van der Waals surface area contributed by atoms with Crippen molar-refractivity contribution in [3.05, 3.63) is 30.1 Å². The van der Waals surface area contributed by atoms with Crippen LogP contribution in [0, 0.1) is 11.7 Å². The van der Waals surface area contributed by atoms with Gasteiger partial charge < -0.3 is 4.90 Å². The molecule has 0 spiro atoms. The molecule has 2 aliphatic rings. The highest BCUT2D eigenvalue weighted by molar-refractivity contribution is 8.16. The zero-order valence-corrected chi connectivity index (χ0v) is 15.1. The van der Waals surface area contributed by atoms with Gasteiger partial charge in [-0.1, -0.05) is 37.7 Å². The summed E-state index contributed by atoms with van der Waals surface area (Å²) >= 11 is 1.26. The van der Waals surface area contributed by atoms with Gasteiger partial charge in [0.05, 0.1) is 23.2 Å². The van der Waals surface area contributed by atoms with Crippen LogP contribution in [-0.2, 0) is 14.6 Å². The van der Waals surface area contributed by atoms with Crippen LogP contribution in [0.5, 0.6) is 0 Å². The van der Waals surface area contributed by atoms with E-state index in [0.29, 0.717) is 11.6 Å². The van der Waals surface area contributed by atoms with Gasteiger partial charge in [0.15, 0.2) is 15.0 Å². The number of benzene rings is 1. The molecular formula is C16H19FN2O3S2. The van der Waals surface area contributed by atoms with Gasteiger partial charge in [0.1, 0.15) is 5.82 Å². The zero-order valence-electron chi connectivity index (χ0n) is 13.5. The Morgan fingerprint density at radius 1 is 1.38 bits per heavy atom. The van der Waals surface area contributed by atoms with E-state index in [-0.39, 0.29) is 40.3 Å². The Morgan fingerprint density at radius 2 is 2.08 bits per heavy atom. The first-order chi connectivity index (χ1) is 11.3. The van der Waals surface area contributed by atoms with Crippen molar-refractivity contribution < 1.29 is 17.6 Å². The second kappa shape index (κ2) is 6.48. The van der Waals surface area contributed by atoms with E-state index in [9.17, 15) is 17.6 Å². The molecule has 1 aromatic carbocycles. The lowest BCUT2D eigenvalue weighted by Gasteiger charge is -2.24. The molecular weight excluding hydrogens is 351 g/mol. The van der Waals surface area contributed by atoms with Crippen LogP contribution < -0.4 is 4.90 Å². The van der Waals surface area contributed by atoms with Crippen LogP contribution in [0.25, 0.3) is 0 Å². The van der Waals surface area contributed by atoms with Gasteiger partial charge in [-0.15, -0.1) is 0 Å². The molecule has 0 aromatic heterocycles. The standard InChI is InChI=1S/C16H19FN2O3S2/c1-10(2)7-15(20)18-16-19(12-6-4-3-5-11(12)17)13-8-24(21,22)9-14(13)23-16/h3-6,10,13-14H,7-9H2,1-2H3/t13-,14+/m0/s1. The molecule has 2 heterocycles. The third-order valence-electron chi connectivity index (χ3n) is 3.98. The SMILES string of the molecule is CC(C)CC(=O)N=C1S[C@@H]2CS(=O)(=O)C[C@@H]2N1c1ccccc1F. The van der Waals surface area contributed by atoms with Gasteiger partial charge in [-0.2, -0.15) is 4.99 Å². The molecule has 2 saturated heterocycles. The Hall–Kier alpha value is -1.41. The van der Waals surface area contributed by atoms with Crippen molar-refractivity contribution in [1.82, 2.24) is 0 Å². The highest BCUT2D eigenvalue weighted by Crippen LogP contribution is 2.41. The van der Waals surface area contributed by atoms with Gasteiger partial charge >= 0.3 is 0 Å². The first-order valence-electron chi connectivity index (χ1n) is 7.79. The van der Waals surface area contributed by atoms with E-state index in [0.717, 1.165) is 0 Å². The predicted octanol–water partition coefficient (Wildman–Crippen LogP) is 2.47. The number of halogens is 1. The average molecular weight is 370 g/mol. The smallest absolute Gasteiger partial charge is 0.248 e. The normalized spacial score (nSPS) is 27.0. The summed E-state index contributed by atoms with van der Waals surface area (Å²) in [5.41, 5.74) is 0.269. The third kappa shape index (κ3) is 3.49. The van der Waals surface area contributed by atoms with E-state index in [4.69, 9.17) is 0 Å². The van der Waals surface area contributed by atoms with Gasteiger partial charge in [-0.05, 0) is 18.1 Å². The molecule has 24 heavy (non-hydrogen) atoms. The molecule has 2 atom stereocenters. The minimum atomic E-state index is -3.16. The summed E-state index contributed by atoms with van der Waals surface area (Å²) in [6.45, 7) is 3.85. The molecule has 1 aromatic rings. The quantitative estimate of drug-likeness (QED) is 0.818. The van der Waals surface area contributed by atoms with E-state index >= 15 is 0 Å². The highest BCUT2D eigenvalue weighted by Gasteiger charge is 2.49. The van der Waals surface area contributed by atoms with Crippen molar-refractivity contribution in [3.8, 4) is 0 Å². The van der Waals surface area contributed by atoms with Gasteiger partial charge in [0.25, 0.3) is 0 Å².